The minimum atomic E-state index is -3.86. The highest BCUT2D eigenvalue weighted by Crippen LogP contribution is 2.36. The van der Waals surface area contributed by atoms with Gasteiger partial charge in [0.1, 0.15) is 11.9 Å². The maximum atomic E-state index is 13.3. The van der Waals surface area contributed by atoms with Crippen molar-refractivity contribution in [2.24, 2.45) is 0 Å². The number of nitro benzene ring substituents is 1. The number of rotatable bonds is 5. The molecule has 1 aliphatic rings. The first kappa shape index (κ1) is 21.3. The number of nitrogens with zero attached hydrogens (tertiary/aromatic N) is 2. The Kier molecular flexibility index (Phi) is 5.54. The summed E-state index contributed by atoms with van der Waals surface area (Å²) in [6.45, 7) is 1.97. The van der Waals surface area contributed by atoms with Crippen molar-refractivity contribution in [2.45, 2.75) is 17.9 Å². The average Bonchev–Trinajstić information content (AvgIpc) is 2.79. The number of carbonyl (C=O) groups is 1. The molecule has 9 nitrogen and oxygen atoms in total. The zero-order valence-electron chi connectivity index (χ0n) is 17.0. The lowest BCUT2D eigenvalue weighted by atomic mass is 10.2. The van der Waals surface area contributed by atoms with Gasteiger partial charge in [-0.2, -0.15) is 0 Å². The van der Waals surface area contributed by atoms with Gasteiger partial charge in [0, 0.05) is 23.4 Å². The minimum Gasteiger partial charge on any atom is -0.487 e. The van der Waals surface area contributed by atoms with Gasteiger partial charge in [0.15, 0.2) is 0 Å². The minimum absolute atomic E-state index is 0.0646. The Balaban J connectivity index is 1.56. The molecular formula is C22H19N3O6S. The Labute approximate surface area is 184 Å². The fourth-order valence-electron chi connectivity index (χ4n) is 3.38. The molecule has 0 aliphatic carbocycles. The van der Waals surface area contributed by atoms with E-state index >= 15 is 0 Å². The normalized spacial score (nSPS) is 15.4. The second kappa shape index (κ2) is 8.31. The van der Waals surface area contributed by atoms with E-state index in [-0.39, 0.29) is 28.8 Å². The number of fused-ring (bicyclic) bond motifs is 1. The molecule has 1 aliphatic heterocycles. The molecule has 0 saturated heterocycles. The van der Waals surface area contributed by atoms with E-state index in [1.54, 1.807) is 31.2 Å². The van der Waals surface area contributed by atoms with Gasteiger partial charge in [0.25, 0.3) is 21.6 Å². The molecule has 1 amide bonds. The molecule has 32 heavy (non-hydrogen) atoms. The van der Waals surface area contributed by atoms with Gasteiger partial charge < -0.3 is 10.1 Å². The summed E-state index contributed by atoms with van der Waals surface area (Å²) in [6, 6.07) is 18.0. The molecule has 0 saturated carbocycles. The zero-order chi connectivity index (χ0) is 22.9. The van der Waals surface area contributed by atoms with Gasteiger partial charge in [-0.05, 0) is 49.4 Å². The molecule has 164 valence electrons. The molecule has 1 heterocycles. The van der Waals surface area contributed by atoms with E-state index in [0.717, 1.165) is 0 Å². The van der Waals surface area contributed by atoms with Crippen LogP contribution in [0.5, 0.6) is 5.75 Å². The Morgan fingerprint density at radius 1 is 1.09 bits per heavy atom. The van der Waals surface area contributed by atoms with Crippen LogP contribution in [0.2, 0.25) is 0 Å². The number of non-ortho nitro benzene ring substituents is 1. The monoisotopic (exact) mass is 453 g/mol. The Morgan fingerprint density at radius 2 is 1.81 bits per heavy atom. The highest BCUT2D eigenvalue weighted by Gasteiger charge is 2.32. The van der Waals surface area contributed by atoms with E-state index in [9.17, 15) is 23.3 Å². The summed E-state index contributed by atoms with van der Waals surface area (Å²) in [4.78, 5) is 22.8. The predicted molar refractivity (Wildman–Crippen MR) is 119 cm³/mol. The molecule has 3 aromatic carbocycles. The molecule has 10 heteroatoms. The lowest BCUT2D eigenvalue weighted by Gasteiger charge is -2.34. The van der Waals surface area contributed by atoms with Gasteiger partial charge in [-0.25, -0.2) is 8.42 Å². The molecular weight excluding hydrogens is 434 g/mol. The lowest BCUT2D eigenvalue weighted by molar-refractivity contribution is -0.384. The van der Waals surface area contributed by atoms with Crippen molar-refractivity contribution in [2.75, 3.05) is 16.2 Å². The molecule has 0 aromatic heterocycles. The number of anilines is 2. The SMILES string of the molecule is C[C@@H]1CN(S(=O)(=O)c2ccc(NC(=O)c3cccc([N+](=O)[O-])c3)cc2)c2ccccc2O1. The fraction of sp³-hybridized carbons (Fsp3) is 0.136. The zero-order valence-corrected chi connectivity index (χ0v) is 17.8. The quantitative estimate of drug-likeness (QED) is 0.463. The molecule has 1 atom stereocenters. The standard InChI is InChI=1S/C22H19N3O6S/c1-15-14-24(20-7-2-3-8-21(20)31-15)32(29,30)19-11-9-17(10-12-19)23-22(26)16-5-4-6-18(13-16)25(27)28/h2-13,15H,14H2,1H3,(H,23,26)/t15-/m1/s1. The molecule has 1 N–H and O–H groups in total. The van der Waals surface area contributed by atoms with Crippen molar-refractivity contribution < 1.29 is 22.9 Å². The average molecular weight is 453 g/mol. The van der Waals surface area contributed by atoms with Crippen LogP contribution in [-0.4, -0.2) is 31.9 Å². The fourth-order valence-corrected chi connectivity index (χ4v) is 4.93. The van der Waals surface area contributed by atoms with Crippen LogP contribution >= 0.6 is 0 Å². The number of carbonyl (C=O) groups excluding carboxylic acids is 1. The number of para-hydroxylation sites is 2. The van der Waals surface area contributed by atoms with Gasteiger partial charge >= 0.3 is 0 Å². The van der Waals surface area contributed by atoms with Crippen LogP contribution < -0.4 is 14.4 Å². The summed E-state index contributed by atoms with van der Waals surface area (Å²) in [6.07, 6.45) is -0.312. The van der Waals surface area contributed by atoms with Gasteiger partial charge in [0.05, 0.1) is 22.1 Å². The van der Waals surface area contributed by atoms with E-state index in [4.69, 9.17) is 4.74 Å². The van der Waals surface area contributed by atoms with Crippen LogP contribution in [0.3, 0.4) is 0 Å². The molecule has 3 aromatic rings. The van der Waals surface area contributed by atoms with Gasteiger partial charge in [-0.1, -0.05) is 18.2 Å². The third-order valence-corrected chi connectivity index (χ3v) is 6.70. The van der Waals surface area contributed by atoms with Crippen LogP contribution in [0, 0.1) is 10.1 Å². The van der Waals surface area contributed by atoms with Gasteiger partial charge in [-0.3, -0.25) is 19.2 Å². The maximum Gasteiger partial charge on any atom is 0.270 e. The van der Waals surface area contributed by atoms with Crippen molar-refractivity contribution in [3.63, 3.8) is 0 Å². The maximum absolute atomic E-state index is 13.3. The first-order valence-corrected chi connectivity index (χ1v) is 11.1. The molecule has 0 unspecified atom stereocenters. The van der Waals surface area contributed by atoms with Crippen molar-refractivity contribution in [1.29, 1.82) is 0 Å². The van der Waals surface area contributed by atoms with Crippen LogP contribution in [0.25, 0.3) is 0 Å². The van der Waals surface area contributed by atoms with Crippen molar-refractivity contribution in [3.05, 3.63) is 88.5 Å². The lowest BCUT2D eigenvalue weighted by Crippen LogP contribution is -2.42. The largest absolute Gasteiger partial charge is 0.487 e. The summed E-state index contributed by atoms with van der Waals surface area (Å²) in [5.41, 5.74) is 0.749. The number of hydrogen-bond acceptors (Lipinski definition) is 6. The second-order valence-electron chi connectivity index (χ2n) is 7.22. The molecule has 0 fully saturated rings. The number of nitro groups is 1. The Morgan fingerprint density at radius 3 is 2.53 bits per heavy atom. The number of ether oxygens (including phenoxy) is 1. The van der Waals surface area contributed by atoms with Crippen molar-refractivity contribution in [3.8, 4) is 5.75 Å². The van der Waals surface area contributed by atoms with Crippen LogP contribution in [0.1, 0.15) is 17.3 Å². The summed E-state index contributed by atoms with van der Waals surface area (Å²) in [5.74, 6) is -0.0455. The third kappa shape index (κ3) is 4.12. The highest BCUT2D eigenvalue weighted by atomic mass is 32.2. The van der Waals surface area contributed by atoms with E-state index in [1.807, 2.05) is 0 Å². The van der Waals surface area contributed by atoms with Crippen LogP contribution in [0.4, 0.5) is 17.1 Å². The summed E-state index contributed by atoms with van der Waals surface area (Å²) >= 11 is 0. The molecule has 0 radical (unpaired) electrons. The van der Waals surface area contributed by atoms with Crippen molar-refractivity contribution >= 4 is 33.0 Å². The van der Waals surface area contributed by atoms with E-state index in [2.05, 4.69) is 5.32 Å². The van der Waals surface area contributed by atoms with Gasteiger partial charge in [0.2, 0.25) is 0 Å². The van der Waals surface area contributed by atoms with Gasteiger partial charge in [-0.15, -0.1) is 0 Å². The first-order valence-electron chi connectivity index (χ1n) is 9.70. The predicted octanol–water partition coefficient (Wildman–Crippen LogP) is 3.82. The Hall–Kier alpha value is -3.92. The number of benzene rings is 3. The number of hydrogen-bond donors (Lipinski definition) is 1. The molecule has 0 spiro atoms. The number of amides is 1. The molecule has 0 bridgehead atoms. The Bertz CT molecular complexity index is 1290. The molecule has 4 rings (SSSR count). The second-order valence-corrected chi connectivity index (χ2v) is 9.08. The van der Waals surface area contributed by atoms with E-state index in [0.29, 0.717) is 17.1 Å². The summed E-state index contributed by atoms with van der Waals surface area (Å²) in [7, 11) is -3.86. The highest BCUT2D eigenvalue weighted by molar-refractivity contribution is 7.92. The first-order chi connectivity index (χ1) is 15.3. The van der Waals surface area contributed by atoms with Crippen LogP contribution in [-0.2, 0) is 10.0 Å². The third-order valence-electron chi connectivity index (χ3n) is 4.90. The number of sulfonamides is 1. The topological polar surface area (TPSA) is 119 Å². The van der Waals surface area contributed by atoms with E-state index < -0.39 is 20.9 Å². The number of nitrogens with one attached hydrogen (secondary N) is 1. The summed E-state index contributed by atoms with van der Waals surface area (Å²) in [5, 5.41) is 13.5. The van der Waals surface area contributed by atoms with Crippen LogP contribution in [0.15, 0.2) is 77.7 Å². The smallest absolute Gasteiger partial charge is 0.270 e. The summed E-state index contributed by atoms with van der Waals surface area (Å²) < 4.78 is 33.6. The van der Waals surface area contributed by atoms with E-state index in [1.165, 1.54) is 52.8 Å². The van der Waals surface area contributed by atoms with Crippen molar-refractivity contribution in [1.82, 2.24) is 0 Å².